The van der Waals surface area contributed by atoms with Crippen molar-refractivity contribution in [2.24, 2.45) is 0 Å². The number of benzene rings is 3. The number of carbonyl (C=O) groups is 1. The van der Waals surface area contributed by atoms with Gasteiger partial charge in [-0.1, -0.05) is 28.1 Å². The Morgan fingerprint density at radius 2 is 1.94 bits per heavy atom. The van der Waals surface area contributed by atoms with Crippen molar-refractivity contribution in [2.45, 2.75) is 11.4 Å². The molecule has 0 aliphatic heterocycles. The highest BCUT2D eigenvalue weighted by atomic mass is 79.9. The summed E-state index contributed by atoms with van der Waals surface area (Å²) in [5.74, 6) is -1.95. The fourth-order valence-corrected chi connectivity index (χ4v) is 4.80. The molecule has 4 aromatic rings. The smallest absolute Gasteiger partial charge is 0.253 e. The van der Waals surface area contributed by atoms with E-state index in [2.05, 4.69) is 34.7 Å². The van der Waals surface area contributed by atoms with Crippen LogP contribution in [0.3, 0.4) is 0 Å². The largest absolute Gasteiger partial charge is 0.348 e. The lowest BCUT2D eigenvalue weighted by Crippen LogP contribution is -2.24. The van der Waals surface area contributed by atoms with E-state index < -0.39 is 28.5 Å². The lowest BCUT2D eigenvalue weighted by Gasteiger charge is -2.13. The van der Waals surface area contributed by atoms with Crippen LogP contribution in [-0.2, 0) is 17.5 Å². The monoisotopic (exact) mass is 522 g/mol. The van der Waals surface area contributed by atoms with Crippen molar-refractivity contribution < 1.29 is 17.8 Å². The third kappa shape index (κ3) is 4.78. The number of carbonyl (C=O) groups excluding carboxylic acids is 1. The van der Waals surface area contributed by atoms with Gasteiger partial charge in [0, 0.05) is 22.6 Å². The Hall–Kier alpha value is -2.76. The molecule has 0 aliphatic carbocycles. The van der Waals surface area contributed by atoms with E-state index in [0.29, 0.717) is 26.1 Å². The number of anilines is 1. The molecule has 0 bridgehead atoms. The number of halogens is 3. The van der Waals surface area contributed by atoms with Gasteiger partial charge in [0.25, 0.3) is 5.91 Å². The molecule has 0 saturated carbocycles. The first kappa shape index (κ1) is 21.5. The summed E-state index contributed by atoms with van der Waals surface area (Å²) >= 11 is 4.36. The first-order chi connectivity index (χ1) is 14.9. The molecule has 31 heavy (non-hydrogen) atoms. The minimum Gasteiger partial charge on any atom is -0.348 e. The van der Waals surface area contributed by atoms with E-state index in [1.54, 1.807) is 36.4 Å². The van der Waals surface area contributed by atoms with E-state index in [9.17, 15) is 17.8 Å². The van der Waals surface area contributed by atoms with Crippen LogP contribution in [0.1, 0.15) is 15.9 Å². The van der Waals surface area contributed by atoms with Gasteiger partial charge in [-0.25, -0.2) is 13.0 Å². The Labute approximate surface area is 190 Å². The van der Waals surface area contributed by atoms with Crippen molar-refractivity contribution in [3.8, 4) is 0 Å². The van der Waals surface area contributed by atoms with Gasteiger partial charge in [0.05, 0.1) is 27.9 Å². The molecule has 1 aromatic heterocycles. The van der Waals surface area contributed by atoms with Crippen molar-refractivity contribution >= 4 is 61.3 Å². The van der Waals surface area contributed by atoms with Gasteiger partial charge in [-0.3, -0.25) is 4.79 Å². The summed E-state index contributed by atoms with van der Waals surface area (Å²) in [4.78, 5) is 13.2. The summed E-state index contributed by atoms with van der Waals surface area (Å²) in [6, 6.07) is 13.1. The minimum atomic E-state index is -1.72. The van der Waals surface area contributed by atoms with Crippen LogP contribution in [0.5, 0.6) is 0 Å². The third-order valence-corrected chi connectivity index (χ3v) is 6.50. The summed E-state index contributed by atoms with van der Waals surface area (Å²) < 4.78 is 51.7. The van der Waals surface area contributed by atoms with Crippen LogP contribution in [0.25, 0.3) is 11.0 Å². The van der Waals surface area contributed by atoms with E-state index in [4.69, 9.17) is 0 Å². The predicted octanol–water partition coefficient (Wildman–Crippen LogP) is 4.80. The molecule has 0 spiro atoms. The van der Waals surface area contributed by atoms with Crippen molar-refractivity contribution in [1.29, 1.82) is 0 Å². The average Bonchev–Trinajstić information content (AvgIpc) is 3.22. The number of hydrogen-bond donors (Lipinski definition) is 2. The van der Waals surface area contributed by atoms with Crippen LogP contribution in [0.2, 0.25) is 0 Å². The molecule has 1 amide bonds. The fraction of sp³-hybridized carbons (Fsp3) is 0.0500. The Morgan fingerprint density at radius 3 is 2.74 bits per heavy atom. The zero-order chi connectivity index (χ0) is 22.0. The van der Waals surface area contributed by atoms with Crippen LogP contribution < -0.4 is 10.0 Å². The molecule has 11 heteroatoms. The van der Waals surface area contributed by atoms with Gasteiger partial charge in [0.15, 0.2) is 11.0 Å². The van der Waals surface area contributed by atoms with E-state index >= 15 is 0 Å². The first-order valence-electron chi connectivity index (χ1n) is 8.84. The average molecular weight is 523 g/mol. The topological polar surface area (TPSA) is 84.0 Å². The second kappa shape index (κ2) is 9.16. The quantitative estimate of drug-likeness (QED) is 0.381. The molecular formula is C20H13BrF2N4O2S2. The van der Waals surface area contributed by atoms with Crippen LogP contribution in [-0.4, -0.2) is 18.9 Å². The molecule has 1 unspecified atom stereocenters. The van der Waals surface area contributed by atoms with Gasteiger partial charge in [-0.2, -0.15) is 8.75 Å². The SMILES string of the molecule is O=C(NCc1ccc(F)cc1F)c1ccc(Br)cc1NS(=O)c1cccc2nsnc12. The Bertz CT molecular complexity index is 1320. The lowest BCUT2D eigenvalue weighted by atomic mass is 10.1. The number of amides is 1. The van der Waals surface area contributed by atoms with Gasteiger partial charge < -0.3 is 10.0 Å². The molecule has 0 radical (unpaired) electrons. The number of nitrogens with zero attached hydrogens (tertiary/aromatic N) is 2. The summed E-state index contributed by atoms with van der Waals surface area (Å²) in [7, 11) is -1.72. The normalized spacial score (nSPS) is 12.0. The first-order valence-corrected chi connectivity index (χ1v) is 11.5. The molecule has 158 valence electrons. The number of aromatic nitrogens is 2. The van der Waals surface area contributed by atoms with Crippen LogP contribution >= 0.6 is 27.7 Å². The maximum Gasteiger partial charge on any atom is 0.253 e. The third-order valence-electron chi connectivity index (χ3n) is 4.33. The Morgan fingerprint density at radius 1 is 1.10 bits per heavy atom. The van der Waals surface area contributed by atoms with E-state index in [1.165, 1.54) is 6.07 Å². The number of hydrogen-bond acceptors (Lipinski definition) is 5. The molecule has 2 N–H and O–H groups in total. The van der Waals surface area contributed by atoms with Crippen molar-refractivity contribution in [1.82, 2.24) is 14.1 Å². The molecule has 1 heterocycles. The number of fused-ring (bicyclic) bond motifs is 1. The summed E-state index contributed by atoms with van der Waals surface area (Å²) in [5, 5.41) is 2.60. The Balaban J connectivity index is 1.56. The van der Waals surface area contributed by atoms with Gasteiger partial charge >= 0.3 is 0 Å². The zero-order valence-electron chi connectivity index (χ0n) is 15.6. The van der Waals surface area contributed by atoms with Crippen molar-refractivity contribution in [3.63, 3.8) is 0 Å². The molecule has 3 aromatic carbocycles. The highest BCUT2D eigenvalue weighted by molar-refractivity contribution is 9.10. The number of nitrogens with one attached hydrogen (secondary N) is 2. The second-order valence-corrected chi connectivity index (χ2v) is 8.99. The summed E-state index contributed by atoms with van der Waals surface area (Å²) in [6.07, 6.45) is 0. The van der Waals surface area contributed by atoms with Gasteiger partial charge in [0.2, 0.25) is 0 Å². The minimum absolute atomic E-state index is 0.132. The van der Waals surface area contributed by atoms with Crippen molar-refractivity contribution in [3.05, 3.63) is 81.8 Å². The summed E-state index contributed by atoms with van der Waals surface area (Å²) in [6.45, 7) is -0.132. The standard InChI is InChI=1S/C20H13BrF2N4O2S2/c21-12-5-7-14(20(28)24-10-11-4-6-13(22)9-15(11)23)17(8-12)27-31(29)18-3-1-2-16-19(18)26-30-25-16/h1-9,27H,10H2,(H,24,28). The van der Waals surface area contributed by atoms with Crippen molar-refractivity contribution in [2.75, 3.05) is 4.72 Å². The summed E-state index contributed by atoms with van der Waals surface area (Å²) in [5.41, 5.74) is 1.82. The van der Waals surface area contributed by atoms with Crippen LogP contribution in [0.15, 0.2) is 64.0 Å². The van der Waals surface area contributed by atoms with E-state index in [1.807, 2.05) is 0 Å². The molecule has 0 fully saturated rings. The molecule has 0 saturated heterocycles. The molecular weight excluding hydrogens is 510 g/mol. The highest BCUT2D eigenvalue weighted by Crippen LogP contribution is 2.26. The number of rotatable bonds is 6. The fourth-order valence-electron chi connectivity index (χ4n) is 2.82. The maximum absolute atomic E-state index is 13.8. The van der Waals surface area contributed by atoms with Crippen LogP contribution in [0, 0.1) is 11.6 Å². The zero-order valence-corrected chi connectivity index (χ0v) is 18.8. The lowest BCUT2D eigenvalue weighted by molar-refractivity contribution is 0.0951. The van der Waals surface area contributed by atoms with E-state index in [0.717, 1.165) is 23.9 Å². The second-order valence-electron chi connectivity index (χ2n) is 6.37. The molecule has 6 nitrogen and oxygen atoms in total. The molecule has 0 aliphatic rings. The molecule has 1 atom stereocenters. The predicted molar refractivity (Wildman–Crippen MR) is 119 cm³/mol. The highest BCUT2D eigenvalue weighted by Gasteiger charge is 2.17. The van der Waals surface area contributed by atoms with Crippen LogP contribution in [0.4, 0.5) is 14.5 Å². The molecule has 4 rings (SSSR count). The van der Waals surface area contributed by atoms with E-state index in [-0.39, 0.29) is 17.7 Å². The van der Waals surface area contributed by atoms with Gasteiger partial charge in [0.1, 0.15) is 22.7 Å². The Kier molecular flexibility index (Phi) is 6.35. The maximum atomic E-state index is 13.8. The van der Waals surface area contributed by atoms with Gasteiger partial charge in [-0.05, 0) is 36.4 Å². The van der Waals surface area contributed by atoms with Gasteiger partial charge in [-0.15, -0.1) is 0 Å².